The lowest BCUT2D eigenvalue weighted by Gasteiger charge is -2.25. The predicted molar refractivity (Wildman–Crippen MR) is 48.6 cm³/mol. The van der Waals surface area contributed by atoms with E-state index in [4.69, 9.17) is 5.73 Å². The Balaban J connectivity index is 1.79. The van der Waals surface area contributed by atoms with Gasteiger partial charge in [0.15, 0.2) is 0 Å². The molecule has 0 heterocycles. The van der Waals surface area contributed by atoms with Crippen LogP contribution < -0.4 is 11.1 Å². The van der Waals surface area contributed by atoms with Gasteiger partial charge in [0.25, 0.3) is 0 Å². The van der Waals surface area contributed by atoms with Crippen molar-refractivity contribution in [1.29, 1.82) is 0 Å². The molecule has 0 bridgehead atoms. The topological polar surface area (TPSA) is 55.1 Å². The molecular weight excluding hydrogens is 152 g/mol. The SMILES string of the molecule is NC(=O)CCNCCC1CCC1. The summed E-state index contributed by atoms with van der Waals surface area (Å²) in [5.41, 5.74) is 4.99. The van der Waals surface area contributed by atoms with Gasteiger partial charge in [-0.1, -0.05) is 19.3 Å². The van der Waals surface area contributed by atoms with Gasteiger partial charge in [-0.2, -0.15) is 0 Å². The summed E-state index contributed by atoms with van der Waals surface area (Å²) in [4.78, 5) is 10.3. The van der Waals surface area contributed by atoms with Gasteiger partial charge in [0, 0.05) is 13.0 Å². The molecule has 0 aromatic carbocycles. The molecule has 0 unspecified atom stereocenters. The van der Waals surface area contributed by atoms with Crippen molar-refractivity contribution in [3.63, 3.8) is 0 Å². The maximum absolute atomic E-state index is 10.3. The van der Waals surface area contributed by atoms with E-state index in [1.165, 1.54) is 25.7 Å². The average Bonchev–Trinajstić information content (AvgIpc) is 1.92. The molecule has 12 heavy (non-hydrogen) atoms. The Morgan fingerprint density at radius 1 is 1.42 bits per heavy atom. The number of hydrogen-bond acceptors (Lipinski definition) is 2. The standard InChI is InChI=1S/C9H18N2O/c10-9(12)5-7-11-6-4-8-2-1-3-8/h8,11H,1-7H2,(H2,10,12). The van der Waals surface area contributed by atoms with Crippen molar-refractivity contribution in [1.82, 2.24) is 5.32 Å². The average molecular weight is 170 g/mol. The zero-order chi connectivity index (χ0) is 8.81. The molecule has 1 saturated carbocycles. The van der Waals surface area contributed by atoms with Gasteiger partial charge < -0.3 is 11.1 Å². The normalized spacial score (nSPS) is 17.3. The highest BCUT2D eigenvalue weighted by atomic mass is 16.1. The Bertz CT molecular complexity index is 143. The van der Waals surface area contributed by atoms with Crippen molar-refractivity contribution >= 4 is 5.91 Å². The molecule has 0 aromatic heterocycles. The van der Waals surface area contributed by atoms with Crippen LogP contribution in [0.1, 0.15) is 32.1 Å². The molecule has 0 aliphatic heterocycles. The number of amides is 1. The summed E-state index contributed by atoms with van der Waals surface area (Å²) >= 11 is 0. The number of carbonyl (C=O) groups excluding carboxylic acids is 1. The van der Waals surface area contributed by atoms with Gasteiger partial charge in [0.2, 0.25) is 5.91 Å². The number of carbonyl (C=O) groups is 1. The van der Waals surface area contributed by atoms with E-state index in [0.717, 1.165) is 19.0 Å². The molecule has 3 heteroatoms. The van der Waals surface area contributed by atoms with Crippen LogP contribution in [0.4, 0.5) is 0 Å². The molecule has 1 aliphatic rings. The quantitative estimate of drug-likeness (QED) is 0.575. The predicted octanol–water partition coefficient (Wildman–Crippen LogP) is 0.642. The second-order valence-corrected chi connectivity index (χ2v) is 3.55. The molecular formula is C9H18N2O. The van der Waals surface area contributed by atoms with Crippen molar-refractivity contribution in [2.75, 3.05) is 13.1 Å². The summed E-state index contributed by atoms with van der Waals surface area (Å²) < 4.78 is 0. The van der Waals surface area contributed by atoms with Crippen LogP contribution in [-0.2, 0) is 4.79 Å². The van der Waals surface area contributed by atoms with Gasteiger partial charge in [0.05, 0.1) is 0 Å². The van der Waals surface area contributed by atoms with Crippen molar-refractivity contribution < 1.29 is 4.79 Å². The maximum atomic E-state index is 10.3. The van der Waals surface area contributed by atoms with Crippen LogP contribution in [-0.4, -0.2) is 19.0 Å². The van der Waals surface area contributed by atoms with Gasteiger partial charge in [-0.15, -0.1) is 0 Å². The Labute approximate surface area is 73.7 Å². The fourth-order valence-electron chi connectivity index (χ4n) is 1.42. The summed E-state index contributed by atoms with van der Waals surface area (Å²) in [6.45, 7) is 1.78. The highest BCUT2D eigenvalue weighted by Gasteiger charge is 2.15. The van der Waals surface area contributed by atoms with E-state index in [-0.39, 0.29) is 5.91 Å². The van der Waals surface area contributed by atoms with Crippen LogP contribution in [0.2, 0.25) is 0 Å². The molecule has 0 aromatic rings. The largest absolute Gasteiger partial charge is 0.370 e. The Morgan fingerprint density at radius 2 is 2.17 bits per heavy atom. The van der Waals surface area contributed by atoms with Crippen molar-refractivity contribution in [3.8, 4) is 0 Å². The molecule has 0 saturated heterocycles. The second-order valence-electron chi connectivity index (χ2n) is 3.55. The third kappa shape index (κ3) is 3.72. The van der Waals surface area contributed by atoms with E-state index >= 15 is 0 Å². The van der Waals surface area contributed by atoms with Crippen LogP contribution in [0.3, 0.4) is 0 Å². The smallest absolute Gasteiger partial charge is 0.218 e. The van der Waals surface area contributed by atoms with Crippen LogP contribution in [0.15, 0.2) is 0 Å². The molecule has 1 amide bonds. The highest BCUT2D eigenvalue weighted by molar-refractivity contribution is 5.73. The van der Waals surface area contributed by atoms with Gasteiger partial charge in [-0.3, -0.25) is 4.79 Å². The molecule has 3 N–H and O–H groups in total. The van der Waals surface area contributed by atoms with Crippen molar-refractivity contribution in [3.05, 3.63) is 0 Å². The second kappa shape index (κ2) is 5.14. The Morgan fingerprint density at radius 3 is 2.67 bits per heavy atom. The van der Waals surface area contributed by atoms with E-state index in [9.17, 15) is 4.79 Å². The minimum absolute atomic E-state index is 0.217. The van der Waals surface area contributed by atoms with Gasteiger partial charge in [0.1, 0.15) is 0 Å². The van der Waals surface area contributed by atoms with E-state index in [0.29, 0.717) is 6.42 Å². The monoisotopic (exact) mass is 170 g/mol. The number of nitrogens with one attached hydrogen (secondary N) is 1. The summed E-state index contributed by atoms with van der Waals surface area (Å²) in [6, 6.07) is 0. The van der Waals surface area contributed by atoms with Crippen LogP contribution in [0.5, 0.6) is 0 Å². The van der Waals surface area contributed by atoms with E-state index in [1.807, 2.05) is 0 Å². The summed E-state index contributed by atoms with van der Waals surface area (Å²) in [6.07, 6.45) is 5.93. The first-order chi connectivity index (χ1) is 5.79. The Kier molecular flexibility index (Phi) is 4.08. The highest BCUT2D eigenvalue weighted by Crippen LogP contribution is 2.28. The zero-order valence-electron chi connectivity index (χ0n) is 7.51. The first kappa shape index (κ1) is 9.52. The molecule has 0 spiro atoms. The zero-order valence-corrected chi connectivity index (χ0v) is 7.51. The first-order valence-electron chi connectivity index (χ1n) is 4.78. The van der Waals surface area contributed by atoms with Gasteiger partial charge in [-0.25, -0.2) is 0 Å². The number of nitrogens with two attached hydrogens (primary N) is 1. The third-order valence-electron chi connectivity index (χ3n) is 2.50. The summed E-state index contributed by atoms with van der Waals surface area (Å²) in [5.74, 6) is 0.734. The first-order valence-corrected chi connectivity index (χ1v) is 4.78. The lowest BCUT2D eigenvalue weighted by Crippen LogP contribution is -2.25. The van der Waals surface area contributed by atoms with Crippen LogP contribution in [0.25, 0.3) is 0 Å². The lowest BCUT2D eigenvalue weighted by molar-refractivity contribution is -0.117. The third-order valence-corrected chi connectivity index (χ3v) is 2.50. The summed E-state index contributed by atoms with van der Waals surface area (Å²) in [5, 5.41) is 3.22. The molecule has 70 valence electrons. The number of hydrogen-bond donors (Lipinski definition) is 2. The Hall–Kier alpha value is -0.570. The summed E-state index contributed by atoms with van der Waals surface area (Å²) in [7, 11) is 0. The lowest BCUT2D eigenvalue weighted by atomic mass is 9.83. The van der Waals surface area contributed by atoms with Crippen LogP contribution >= 0.6 is 0 Å². The minimum Gasteiger partial charge on any atom is -0.370 e. The minimum atomic E-state index is -0.217. The molecule has 1 rings (SSSR count). The van der Waals surface area contributed by atoms with Crippen molar-refractivity contribution in [2.45, 2.75) is 32.1 Å². The molecule has 1 aliphatic carbocycles. The molecule has 0 radical (unpaired) electrons. The number of rotatable bonds is 6. The fourth-order valence-corrected chi connectivity index (χ4v) is 1.42. The van der Waals surface area contributed by atoms with Gasteiger partial charge >= 0.3 is 0 Å². The van der Waals surface area contributed by atoms with Crippen LogP contribution in [0, 0.1) is 5.92 Å². The molecule has 1 fully saturated rings. The number of primary amides is 1. The van der Waals surface area contributed by atoms with Crippen molar-refractivity contribution in [2.24, 2.45) is 11.7 Å². The van der Waals surface area contributed by atoms with E-state index < -0.39 is 0 Å². The van der Waals surface area contributed by atoms with E-state index in [2.05, 4.69) is 5.32 Å². The van der Waals surface area contributed by atoms with Gasteiger partial charge in [-0.05, 0) is 18.9 Å². The van der Waals surface area contributed by atoms with E-state index in [1.54, 1.807) is 0 Å². The fraction of sp³-hybridized carbons (Fsp3) is 0.889. The maximum Gasteiger partial charge on any atom is 0.218 e. The molecule has 0 atom stereocenters. The molecule has 3 nitrogen and oxygen atoms in total.